The molecule has 3 rings (SSSR count). The van der Waals surface area contributed by atoms with Crippen LogP contribution in [0.1, 0.15) is 16.1 Å². The highest BCUT2D eigenvalue weighted by molar-refractivity contribution is 5.96. The van der Waals surface area contributed by atoms with Crippen molar-refractivity contribution in [2.24, 2.45) is 0 Å². The number of rotatable bonds is 4. The first-order valence-corrected chi connectivity index (χ1v) is 6.32. The Morgan fingerprint density at radius 2 is 2.14 bits per heavy atom. The number of ether oxygens (including phenoxy) is 1. The van der Waals surface area contributed by atoms with E-state index >= 15 is 0 Å². The number of nitrogens with two attached hydrogens (primary N) is 1. The van der Waals surface area contributed by atoms with Gasteiger partial charge in [-0.25, -0.2) is 9.78 Å². The number of carbonyl (C=O) groups is 1. The number of aromatic carboxylic acids is 1. The van der Waals surface area contributed by atoms with Gasteiger partial charge < -0.3 is 20.0 Å². The molecule has 6 nitrogen and oxygen atoms in total. The van der Waals surface area contributed by atoms with Crippen molar-refractivity contribution in [3.8, 4) is 5.75 Å². The molecular weight excluding hydrogens is 270 g/mol. The van der Waals surface area contributed by atoms with E-state index in [0.717, 1.165) is 5.65 Å². The van der Waals surface area contributed by atoms with Crippen molar-refractivity contribution in [3.63, 3.8) is 0 Å². The number of anilines is 1. The molecule has 0 atom stereocenters. The third-order valence-electron chi connectivity index (χ3n) is 3.06. The van der Waals surface area contributed by atoms with Gasteiger partial charge in [0.1, 0.15) is 23.6 Å². The average molecular weight is 283 g/mol. The second-order valence-corrected chi connectivity index (χ2v) is 4.51. The molecule has 1 aromatic carbocycles. The van der Waals surface area contributed by atoms with Crippen LogP contribution in [0.15, 0.2) is 48.8 Å². The molecular formula is C15H13N3O3. The van der Waals surface area contributed by atoms with E-state index in [4.69, 9.17) is 10.5 Å². The van der Waals surface area contributed by atoms with Crippen molar-refractivity contribution in [2.45, 2.75) is 6.61 Å². The second-order valence-electron chi connectivity index (χ2n) is 4.51. The Morgan fingerprint density at radius 3 is 2.90 bits per heavy atom. The molecule has 0 aliphatic rings. The van der Waals surface area contributed by atoms with E-state index in [1.807, 2.05) is 35.0 Å². The lowest BCUT2D eigenvalue weighted by molar-refractivity contribution is 0.0693. The van der Waals surface area contributed by atoms with Gasteiger partial charge in [0, 0.05) is 18.1 Å². The molecule has 0 spiro atoms. The summed E-state index contributed by atoms with van der Waals surface area (Å²) >= 11 is 0. The lowest BCUT2D eigenvalue weighted by atomic mass is 10.1. The highest BCUT2D eigenvalue weighted by Crippen LogP contribution is 2.25. The molecule has 6 heteroatoms. The van der Waals surface area contributed by atoms with Crippen molar-refractivity contribution < 1.29 is 14.6 Å². The Balaban J connectivity index is 1.85. The van der Waals surface area contributed by atoms with Crippen LogP contribution in [0.4, 0.5) is 5.69 Å². The molecule has 0 aliphatic heterocycles. The minimum atomic E-state index is -1.11. The second kappa shape index (κ2) is 5.16. The Kier molecular flexibility index (Phi) is 3.19. The number of carboxylic acid groups (broad SMARTS) is 1. The molecule has 0 amide bonds. The van der Waals surface area contributed by atoms with E-state index in [1.54, 1.807) is 12.1 Å². The average Bonchev–Trinajstić information content (AvgIpc) is 2.87. The van der Waals surface area contributed by atoms with Crippen LogP contribution < -0.4 is 10.5 Å². The number of imidazole rings is 1. The molecule has 21 heavy (non-hydrogen) atoms. The molecule has 0 radical (unpaired) electrons. The first-order chi connectivity index (χ1) is 10.1. The molecule has 0 unspecified atom stereocenters. The summed E-state index contributed by atoms with van der Waals surface area (Å²) in [5.74, 6) is -0.877. The minimum Gasteiger partial charge on any atom is -0.486 e. The molecule has 0 saturated heterocycles. The predicted octanol–water partition coefficient (Wildman–Crippen LogP) is 2.19. The molecule has 2 heterocycles. The van der Waals surface area contributed by atoms with Crippen LogP contribution in [0.25, 0.3) is 5.65 Å². The lowest BCUT2D eigenvalue weighted by Gasteiger charge is -2.09. The topological polar surface area (TPSA) is 89.9 Å². The van der Waals surface area contributed by atoms with Crippen LogP contribution in [0.2, 0.25) is 0 Å². The number of pyridine rings is 1. The quantitative estimate of drug-likeness (QED) is 0.716. The summed E-state index contributed by atoms with van der Waals surface area (Å²) in [6.07, 6.45) is 3.72. The van der Waals surface area contributed by atoms with Crippen molar-refractivity contribution in [3.05, 3.63) is 60.0 Å². The maximum Gasteiger partial charge on any atom is 0.341 e. The number of aromatic nitrogens is 2. The SMILES string of the molecule is Nc1cccc(OCc2cn3ccccc3n2)c1C(=O)O. The Bertz CT molecular complexity index is 778. The fourth-order valence-electron chi connectivity index (χ4n) is 2.11. The van der Waals surface area contributed by atoms with Crippen LogP contribution in [0.3, 0.4) is 0 Å². The van der Waals surface area contributed by atoms with E-state index in [1.165, 1.54) is 6.07 Å². The fraction of sp³-hybridized carbons (Fsp3) is 0.0667. The summed E-state index contributed by atoms with van der Waals surface area (Å²) in [6, 6.07) is 10.4. The van der Waals surface area contributed by atoms with E-state index in [0.29, 0.717) is 5.69 Å². The highest BCUT2D eigenvalue weighted by Gasteiger charge is 2.15. The van der Waals surface area contributed by atoms with Gasteiger partial charge in [0.25, 0.3) is 0 Å². The van der Waals surface area contributed by atoms with Crippen LogP contribution in [-0.2, 0) is 6.61 Å². The zero-order valence-corrected chi connectivity index (χ0v) is 11.1. The van der Waals surface area contributed by atoms with Gasteiger partial charge in [-0.1, -0.05) is 12.1 Å². The number of hydrogen-bond donors (Lipinski definition) is 2. The zero-order valence-electron chi connectivity index (χ0n) is 11.1. The lowest BCUT2D eigenvalue weighted by Crippen LogP contribution is -2.07. The van der Waals surface area contributed by atoms with Gasteiger partial charge in [0.05, 0.1) is 5.69 Å². The number of carboxylic acids is 1. The standard InChI is InChI=1S/C15H13N3O3/c16-11-4-3-5-12(14(11)15(19)20)21-9-10-8-18-7-2-1-6-13(18)17-10/h1-8H,9,16H2,(H,19,20). The largest absolute Gasteiger partial charge is 0.486 e. The van der Waals surface area contributed by atoms with Gasteiger partial charge >= 0.3 is 5.97 Å². The molecule has 3 N–H and O–H groups in total. The highest BCUT2D eigenvalue weighted by atomic mass is 16.5. The normalized spacial score (nSPS) is 10.7. The van der Waals surface area contributed by atoms with Crippen LogP contribution in [0, 0.1) is 0 Å². The van der Waals surface area contributed by atoms with Crippen molar-refractivity contribution >= 4 is 17.3 Å². The predicted molar refractivity (Wildman–Crippen MR) is 77.3 cm³/mol. The summed E-state index contributed by atoms with van der Waals surface area (Å²) < 4.78 is 7.43. The molecule has 0 saturated carbocycles. The van der Waals surface area contributed by atoms with Crippen LogP contribution in [0.5, 0.6) is 5.75 Å². The Labute approximate surface area is 120 Å². The summed E-state index contributed by atoms with van der Waals surface area (Å²) in [7, 11) is 0. The zero-order chi connectivity index (χ0) is 14.8. The first-order valence-electron chi connectivity index (χ1n) is 6.32. The third kappa shape index (κ3) is 2.51. The monoisotopic (exact) mass is 283 g/mol. The summed E-state index contributed by atoms with van der Waals surface area (Å²) in [4.78, 5) is 15.6. The Morgan fingerprint density at radius 1 is 1.29 bits per heavy atom. The van der Waals surface area contributed by atoms with E-state index in [-0.39, 0.29) is 23.6 Å². The number of hydrogen-bond acceptors (Lipinski definition) is 4. The van der Waals surface area contributed by atoms with Gasteiger partial charge in [-0.2, -0.15) is 0 Å². The summed E-state index contributed by atoms with van der Waals surface area (Å²) in [6.45, 7) is 0.172. The first kappa shape index (κ1) is 13.0. The van der Waals surface area contributed by atoms with Crippen LogP contribution in [-0.4, -0.2) is 20.5 Å². The van der Waals surface area contributed by atoms with Crippen molar-refractivity contribution in [1.82, 2.24) is 9.38 Å². The van der Waals surface area contributed by atoms with Crippen LogP contribution >= 0.6 is 0 Å². The molecule has 106 valence electrons. The number of benzene rings is 1. The molecule has 3 aromatic rings. The van der Waals surface area contributed by atoms with Gasteiger partial charge in [-0.05, 0) is 24.3 Å². The van der Waals surface area contributed by atoms with Crippen molar-refractivity contribution in [2.75, 3.05) is 5.73 Å². The maximum atomic E-state index is 11.2. The summed E-state index contributed by atoms with van der Waals surface area (Å²) in [5.41, 5.74) is 7.34. The molecule has 0 bridgehead atoms. The Hall–Kier alpha value is -3.02. The number of nitrogen functional groups attached to an aromatic ring is 1. The third-order valence-corrected chi connectivity index (χ3v) is 3.06. The molecule has 0 fully saturated rings. The van der Waals surface area contributed by atoms with Gasteiger partial charge in [0.15, 0.2) is 0 Å². The van der Waals surface area contributed by atoms with Gasteiger partial charge in [0.2, 0.25) is 0 Å². The molecule has 2 aromatic heterocycles. The van der Waals surface area contributed by atoms with E-state index in [9.17, 15) is 9.90 Å². The fourth-order valence-corrected chi connectivity index (χ4v) is 2.11. The number of nitrogens with zero attached hydrogens (tertiary/aromatic N) is 2. The van der Waals surface area contributed by atoms with E-state index < -0.39 is 5.97 Å². The summed E-state index contributed by atoms with van der Waals surface area (Å²) in [5, 5.41) is 9.18. The molecule has 0 aliphatic carbocycles. The smallest absolute Gasteiger partial charge is 0.341 e. The van der Waals surface area contributed by atoms with Gasteiger partial charge in [-0.3, -0.25) is 0 Å². The van der Waals surface area contributed by atoms with Crippen molar-refractivity contribution in [1.29, 1.82) is 0 Å². The maximum absolute atomic E-state index is 11.2. The number of fused-ring (bicyclic) bond motifs is 1. The minimum absolute atomic E-state index is 0.0266. The van der Waals surface area contributed by atoms with Gasteiger partial charge in [-0.15, -0.1) is 0 Å². The van der Waals surface area contributed by atoms with E-state index in [2.05, 4.69) is 4.98 Å².